The Hall–Kier alpha value is -3.62. The SMILES string of the molecule is CC(Nc1cc(-c2cnn3cc(C#N)cnc23)ncc1C(=O)NCC(F)C(C)(C)O)C(C)(C)O. The maximum absolute atomic E-state index is 14.1. The summed E-state index contributed by atoms with van der Waals surface area (Å²) < 4.78 is 15.6. The summed E-state index contributed by atoms with van der Waals surface area (Å²) in [6.45, 7) is 7.28. The minimum Gasteiger partial charge on any atom is -0.388 e. The van der Waals surface area contributed by atoms with Gasteiger partial charge in [-0.15, -0.1) is 0 Å². The second-order valence-electron chi connectivity index (χ2n) is 9.25. The van der Waals surface area contributed by atoms with E-state index in [1.165, 1.54) is 30.8 Å². The van der Waals surface area contributed by atoms with Crippen molar-refractivity contribution in [2.24, 2.45) is 0 Å². The van der Waals surface area contributed by atoms with E-state index in [-0.39, 0.29) is 12.1 Å². The molecule has 0 fully saturated rings. The highest BCUT2D eigenvalue weighted by molar-refractivity contribution is 6.00. The molecule has 0 aliphatic carbocycles. The largest absolute Gasteiger partial charge is 0.388 e. The molecule has 11 heteroatoms. The van der Waals surface area contributed by atoms with Gasteiger partial charge in [0.05, 0.1) is 64.3 Å². The number of nitriles is 1. The van der Waals surface area contributed by atoms with Gasteiger partial charge in [0, 0.05) is 12.4 Å². The van der Waals surface area contributed by atoms with E-state index in [2.05, 4.69) is 25.7 Å². The molecule has 34 heavy (non-hydrogen) atoms. The number of carbonyl (C=O) groups excluding carboxylic acids is 1. The van der Waals surface area contributed by atoms with E-state index in [1.54, 1.807) is 39.2 Å². The number of pyridine rings is 1. The van der Waals surface area contributed by atoms with E-state index < -0.39 is 29.3 Å². The second-order valence-corrected chi connectivity index (χ2v) is 9.25. The first-order valence-corrected chi connectivity index (χ1v) is 10.7. The lowest BCUT2D eigenvalue weighted by Gasteiger charge is -2.28. The summed E-state index contributed by atoms with van der Waals surface area (Å²) in [6, 6.07) is 3.17. The Kier molecular flexibility index (Phi) is 6.86. The number of aliphatic hydroxyl groups is 2. The van der Waals surface area contributed by atoms with Gasteiger partial charge < -0.3 is 20.8 Å². The molecule has 1 amide bonds. The van der Waals surface area contributed by atoms with Gasteiger partial charge in [0.15, 0.2) is 5.65 Å². The highest BCUT2D eigenvalue weighted by Gasteiger charge is 2.28. The third-order valence-electron chi connectivity index (χ3n) is 5.55. The lowest BCUT2D eigenvalue weighted by atomic mass is 9.99. The van der Waals surface area contributed by atoms with Crippen LogP contribution in [0.25, 0.3) is 16.9 Å². The number of nitrogens with zero attached hydrogens (tertiary/aromatic N) is 5. The number of amides is 1. The molecule has 3 aromatic rings. The molecule has 0 saturated heterocycles. The zero-order valence-corrected chi connectivity index (χ0v) is 19.7. The van der Waals surface area contributed by atoms with Crippen LogP contribution in [0.1, 0.15) is 50.5 Å². The first-order valence-electron chi connectivity index (χ1n) is 10.7. The summed E-state index contributed by atoms with van der Waals surface area (Å²) in [5, 5.41) is 39.1. The average molecular weight is 470 g/mol. The number of nitrogens with one attached hydrogen (secondary N) is 2. The van der Waals surface area contributed by atoms with Crippen molar-refractivity contribution >= 4 is 17.2 Å². The predicted molar refractivity (Wildman–Crippen MR) is 124 cm³/mol. The summed E-state index contributed by atoms with van der Waals surface area (Å²) in [7, 11) is 0. The Balaban J connectivity index is 1.99. The van der Waals surface area contributed by atoms with E-state index in [1.807, 2.05) is 6.07 Å². The Morgan fingerprint density at radius 2 is 1.91 bits per heavy atom. The summed E-state index contributed by atoms with van der Waals surface area (Å²) in [5.41, 5.74) is -0.371. The van der Waals surface area contributed by atoms with E-state index in [0.29, 0.717) is 28.2 Å². The number of rotatable bonds is 8. The maximum atomic E-state index is 14.1. The molecule has 0 radical (unpaired) electrons. The van der Waals surface area contributed by atoms with Crippen LogP contribution >= 0.6 is 0 Å². The van der Waals surface area contributed by atoms with Crippen LogP contribution in [0.15, 0.2) is 30.9 Å². The number of hydrogen-bond donors (Lipinski definition) is 4. The molecule has 4 N–H and O–H groups in total. The number of aromatic nitrogens is 4. The molecule has 0 spiro atoms. The molecule has 3 heterocycles. The second kappa shape index (κ2) is 9.32. The van der Waals surface area contributed by atoms with Crippen molar-refractivity contribution in [1.29, 1.82) is 5.26 Å². The van der Waals surface area contributed by atoms with Crippen LogP contribution in [-0.4, -0.2) is 65.7 Å². The van der Waals surface area contributed by atoms with Crippen LogP contribution in [0.4, 0.5) is 10.1 Å². The smallest absolute Gasteiger partial charge is 0.255 e. The van der Waals surface area contributed by atoms with Crippen LogP contribution < -0.4 is 10.6 Å². The van der Waals surface area contributed by atoms with Gasteiger partial charge in [-0.1, -0.05) is 0 Å². The topological polar surface area (TPSA) is 148 Å². The van der Waals surface area contributed by atoms with Crippen molar-refractivity contribution in [1.82, 2.24) is 24.9 Å². The number of halogens is 1. The van der Waals surface area contributed by atoms with Crippen LogP contribution in [0, 0.1) is 11.3 Å². The van der Waals surface area contributed by atoms with Crippen molar-refractivity contribution in [2.75, 3.05) is 11.9 Å². The van der Waals surface area contributed by atoms with Crippen molar-refractivity contribution < 1.29 is 19.4 Å². The number of anilines is 1. The van der Waals surface area contributed by atoms with Gasteiger partial charge in [0.2, 0.25) is 0 Å². The van der Waals surface area contributed by atoms with Crippen molar-refractivity contribution in [3.8, 4) is 17.3 Å². The molecule has 180 valence electrons. The number of carbonyl (C=O) groups is 1. The fraction of sp³-hybridized carbons (Fsp3) is 0.435. The Bertz CT molecular complexity index is 1240. The van der Waals surface area contributed by atoms with Crippen molar-refractivity contribution in [2.45, 2.75) is 58.0 Å². The molecule has 3 rings (SSSR count). The minimum absolute atomic E-state index is 0.138. The molecule has 0 aliphatic rings. The minimum atomic E-state index is -1.67. The monoisotopic (exact) mass is 469 g/mol. The fourth-order valence-electron chi connectivity index (χ4n) is 2.95. The van der Waals surface area contributed by atoms with Gasteiger partial charge in [0.25, 0.3) is 5.91 Å². The zero-order valence-electron chi connectivity index (χ0n) is 19.7. The Labute approximate surface area is 196 Å². The highest BCUT2D eigenvalue weighted by atomic mass is 19.1. The normalized spacial score (nSPS) is 13.9. The Morgan fingerprint density at radius 3 is 2.53 bits per heavy atom. The van der Waals surface area contributed by atoms with Gasteiger partial charge in [-0.05, 0) is 40.7 Å². The average Bonchev–Trinajstić information content (AvgIpc) is 3.18. The molecular weight excluding hydrogens is 441 g/mol. The van der Waals surface area contributed by atoms with Crippen molar-refractivity contribution in [3.05, 3.63) is 42.0 Å². The predicted octanol–water partition coefficient (Wildman–Crippen LogP) is 2.07. The molecule has 0 saturated carbocycles. The molecule has 0 aliphatic heterocycles. The molecule has 0 bridgehead atoms. The summed E-state index contributed by atoms with van der Waals surface area (Å²) in [5.74, 6) is -0.590. The van der Waals surface area contributed by atoms with E-state index in [0.717, 1.165) is 0 Å². The molecular formula is C23H28FN7O3. The van der Waals surface area contributed by atoms with E-state index >= 15 is 0 Å². The van der Waals surface area contributed by atoms with Crippen LogP contribution in [0.3, 0.4) is 0 Å². The van der Waals surface area contributed by atoms with Gasteiger partial charge in [-0.3, -0.25) is 9.78 Å². The molecule has 3 aromatic heterocycles. The molecule has 2 unspecified atom stereocenters. The quantitative estimate of drug-likeness (QED) is 0.392. The van der Waals surface area contributed by atoms with Gasteiger partial charge in [-0.25, -0.2) is 13.9 Å². The van der Waals surface area contributed by atoms with Gasteiger partial charge >= 0.3 is 0 Å². The highest BCUT2D eigenvalue weighted by Crippen LogP contribution is 2.28. The summed E-state index contributed by atoms with van der Waals surface area (Å²) in [6.07, 6.45) is 4.19. The summed E-state index contributed by atoms with van der Waals surface area (Å²) >= 11 is 0. The number of alkyl halides is 1. The first-order chi connectivity index (χ1) is 15.8. The molecule has 0 aromatic carbocycles. The third-order valence-corrected chi connectivity index (χ3v) is 5.55. The van der Waals surface area contributed by atoms with Crippen LogP contribution in [0.2, 0.25) is 0 Å². The van der Waals surface area contributed by atoms with Crippen molar-refractivity contribution in [3.63, 3.8) is 0 Å². The number of hydrogen-bond acceptors (Lipinski definition) is 8. The Morgan fingerprint density at radius 1 is 1.21 bits per heavy atom. The third kappa shape index (κ3) is 5.47. The standard InChI is InChI=1S/C23H28FN7O3/c1-13(22(2,3)33)30-18-6-17(15-10-29-31-12-14(7-25)8-27-20(15)31)26-9-16(18)21(32)28-11-19(24)23(4,5)34/h6,8-10,12-13,19,33-34H,11H2,1-5H3,(H,26,30)(H,28,32). The van der Waals surface area contributed by atoms with Gasteiger partial charge in [0.1, 0.15) is 12.2 Å². The molecule has 2 atom stereocenters. The summed E-state index contributed by atoms with van der Waals surface area (Å²) in [4.78, 5) is 21.5. The van der Waals surface area contributed by atoms with Crippen LogP contribution in [0.5, 0.6) is 0 Å². The first kappa shape index (κ1) is 25.0. The zero-order chi connectivity index (χ0) is 25.3. The van der Waals surface area contributed by atoms with E-state index in [4.69, 9.17) is 5.26 Å². The lowest BCUT2D eigenvalue weighted by Crippen LogP contribution is -2.42. The van der Waals surface area contributed by atoms with E-state index in [9.17, 15) is 19.4 Å². The van der Waals surface area contributed by atoms with Crippen LogP contribution in [-0.2, 0) is 0 Å². The van der Waals surface area contributed by atoms with Gasteiger partial charge in [-0.2, -0.15) is 10.4 Å². The molecule has 10 nitrogen and oxygen atoms in total. The lowest BCUT2D eigenvalue weighted by molar-refractivity contribution is -0.00178. The number of fused-ring (bicyclic) bond motifs is 1. The fourth-order valence-corrected chi connectivity index (χ4v) is 2.95. The maximum Gasteiger partial charge on any atom is 0.255 e.